The molecule has 0 aliphatic carbocycles. The number of nitrogens with zero attached hydrogens (tertiary/aromatic N) is 3. The first-order valence-corrected chi connectivity index (χ1v) is 7.34. The van der Waals surface area contributed by atoms with Gasteiger partial charge in [0.2, 0.25) is 0 Å². The van der Waals surface area contributed by atoms with Gasteiger partial charge in [-0.25, -0.2) is 0 Å². The van der Waals surface area contributed by atoms with Crippen LogP contribution in [0.3, 0.4) is 0 Å². The number of rotatable bonds is 2. The van der Waals surface area contributed by atoms with Crippen LogP contribution in [0, 0.1) is 27.7 Å². The molecule has 2 aromatic carbocycles. The minimum atomic E-state index is 0.573. The Kier molecular flexibility index (Phi) is 3.45. The monoisotopic (exact) mass is 292 g/mol. The third-order valence-electron chi connectivity index (χ3n) is 3.96. The number of para-hydroxylation sites is 1. The predicted molar refractivity (Wildman–Crippen MR) is 90.2 cm³/mol. The molecule has 112 valence electrons. The fourth-order valence-corrected chi connectivity index (χ4v) is 3.00. The summed E-state index contributed by atoms with van der Waals surface area (Å²) >= 11 is 0. The molecule has 3 aromatic rings. The zero-order chi connectivity index (χ0) is 15.9. The number of nitrogen functional groups attached to an aromatic ring is 1. The lowest BCUT2D eigenvalue weighted by molar-refractivity contribution is 0.805. The molecule has 1 heterocycles. The molecular weight excluding hydrogens is 272 g/mol. The minimum absolute atomic E-state index is 0.573. The molecule has 1 aromatic heterocycles. The number of anilines is 1. The largest absolute Gasteiger partial charge is 0.382 e. The summed E-state index contributed by atoms with van der Waals surface area (Å²) in [5.41, 5.74) is 13.8. The molecule has 0 aliphatic heterocycles. The van der Waals surface area contributed by atoms with Crippen molar-refractivity contribution >= 4 is 5.82 Å². The Morgan fingerprint density at radius 3 is 2.18 bits per heavy atom. The van der Waals surface area contributed by atoms with Crippen LogP contribution >= 0.6 is 0 Å². The van der Waals surface area contributed by atoms with Crippen LogP contribution in [0.5, 0.6) is 0 Å². The van der Waals surface area contributed by atoms with Gasteiger partial charge in [-0.05, 0) is 50.5 Å². The van der Waals surface area contributed by atoms with Crippen molar-refractivity contribution in [3.8, 4) is 16.9 Å². The van der Waals surface area contributed by atoms with Gasteiger partial charge in [0.25, 0.3) is 0 Å². The molecule has 0 radical (unpaired) electrons. The first-order chi connectivity index (χ1) is 10.5. The predicted octanol–water partition coefficient (Wildman–Crippen LogP) is 3.75. The van der Waals surface area contributed by atoms with Crippen molar-refractivity contribution < 1.29 is 0 Å². The van der Waals surface area contributed by atoms with Gasteiger partial charge in [0, 0.05) is 5.56 Å². The highest BCUT2D eigenvalue weighted by Crippen LogP contribution is 2.32. The Labute approximate surface area is 130 Å². The number of aryl methyl sites for hydroxylation is 4. The van der Waals surface area contributed by atoms with E-state index in [0.717, 1.165) is 22.5 Å². The summed E-state index contributed by atoms with van der Waals surface area (Å²) < 4.78 is 1.71. The van der Waals surface area contributed by atoms with E-state index in [2.05, 4.69) is 43.2 Å². The van der Waals surface area contributed by atoms with E-state index < -0.39 is 0 Å². The standard InChI is InChI=1S/C18H20N4/c1-11-9-13(3)16(14(4)10-11)17-18(19)22(21-20-17)15-8-6-5-7-12(15)2/h5-10H,19H2,1-4H3. The van der Waals surface area contributed by atoms with E-state index in [1.807, 2.05) is 31.2 Å². The molecule has 0 saturated heterocycles. The zero-order valence-electron chi connectivity index (χ0n) is 13.4. The smallest absolute Gasteiger partial charge is 0.155 e. The highest BCUT2D eigenvalue weighted by Gasteiger charge is 2.17. The molecule has 22 heavy (non-hydrogen) atoms. The molecule has 2 N–H and O–H groups in total. The maximum atomic E-state index is 6.35. The van der Waals surface area contributed by atoms with Crippen LogP contribution in [-0.4, -0.2) is 15.0 Å². The van der Waals surface area contributed by atoms with Crippen molar-refractivity contribution in [3.05, 3.63) is 58.7 Å². The number of aromatic nitrogens is 3. The first-order valence-electron chi connectivity index (χ1n) is 7.34. The van der Waals surface area contributed by atoms with E-state index >= 15 is 0 Å². The summed E-state index contributed by atoms with van der Waals surface area (Å²) in [7, 11) is 0. The molecule has 0 aliphatic rings. The van der Waals surface area contributed by atoms with Crippen LogP contribution in [0.4, 0.5) is 5.82 Å². The third kappa shape index (κ3) is 2.26. The second-order valence-corrected chi connectivity index (χ2v) is 5.80. The van der Waals surface area contributed by atoms with E-state index in [0.29, 0.717) is 5.82 Å². The number of nitrogens with two attached hydrogens (primary N) is 1. The van der Waals surface area contributed by atoms with Gasteiger partial charge in [0.1, 0.15) is 5.69 Å². The topological polar surface area (TPSA) is 56.7 Å². The van der Waals surface area contributed by atoms with Gasteiger partial charge >= 0.3 is 0 Å². The minimum Gasteiger partial charge on any atom is -0.382 e. The molecule has 0 amide bonds. The number of hydrogen-bond donors (Lipinski definition) is 1. The summed E-state index contributed by atoms with van der Waals surface area (Å²) in [5.74, 6) is 0.573. The molecule has 4 nitrogen and oxygen atoms in total. The highest BCUT2D eigenvalue weighted by molar-refractivity contribution is 5.76. The van der Waals surface area contributed by atoms with Crippen LogP contribution in [0.1, 0.15) is 22.3 Å². The van der Waals surface area contributed by atoms with Crippen molar-refractivity contribution in [3.63, 3.8) is 0 Å². The van der Waals surface area contributed by atoms with E-state index in [1.54, 1.807) is 4.68 Å². The second kappa shape index (κ2) is 5.30. The Hall–Kier alpha value is -2.62. The van der Waals surface area contributed by atoms with Crippen molar-refractivity contribution in [2.75, 3.05) is 5.73 Å². The Bertz CT molecular complexity index is 823. The molecule has 0 spiro atoms. The fourth-order valence-electron chi connectivity index (χ4n) is 3.00. The van der Waals surface area contributed by atoms with Crippen LogP contribution in [0.15, 0.2) is 36.4 Å². The fraction of sp³-hybridized carbons (Fsp3) is 0.222. The Morgan fingerprint density at radius 2 is 1.55 bits per heavy atom. The lowest BCUT2D eigenvalue weighted by Gasteiger charge is -2.10. The van der Waals surface area contributed by atoms with Gasteiger partial charge in [-0.3, -0.25) is 0 Å². The van der Waals surface area contributed by atoms with Crippen LogP contribution in [0.2, 0.25) is 0 Å². The lowest BCUT2D eigenvalue weighted by atomic mass is 9.97. The van der Waals surface area contributed by atoms with Crippen LogP contribution in [0.25, 0.3) is 16.9 Å². The SMILES string of the molecule is Cc1cc(C)c(-c2nnn(-c3ccccc3C)c2N)c(C)c1. The quantitative estimate of drug-likeness (QED) is 0.782. The van der Waals surface area contributed by atoms with Gasteiger partial charge in [-0.2, -0.15) is 4.68 Å². The summed E-state index contributed by atoms with van der Waals surface area (Å²) in [4.78, 5) is 0. The van der Waals surface area contributed by atoms with Gasteiger partial charge in [-0.15, -0.1) is 5.10 Å². The molecule has 0 atom stereocenters. The molecule has 3 rings (SSSR count). The molecule has 0 unspecified atom stereocenters. The van der Waals surface area contributed by atoms with Gasteiger partial charge < -0.3 is 5.73 Å². The molecule has 0 fully saturated rings. The average Bonchev–Trinajstić information content (AvgIpc) is 2.80. The summed E-state index contributed by atoms with van der Waals surface area (Å²) in [5, 5.41) is 8.61. The maximum absolute atomic E-state index is 6.35. The van der Waals surface area contributed by atoms with E-state index in [1.165, 1.54) is 16.7 Å². The number of hydrogen-bond acceptors (Lipinski definition) is 3. The van der Waals surface area contributed by atoms with E-state index in [-0.39, 0.29) is 0 Å². The van der Waals surface area contributed by atoms with Crippen molar-refractivity contribution in [2.24, 2.45) is 0 Å². The van der Waals surface area contributed by atoms with Gasteiger partial charge in [0.15, 0.2) is 5.82 Å². The Balaban J connectivity index is 2.19. The van der Waals surface area contributed by atoms with Crippen LogP contribution in [-0.2, 0) is 0 Å². The van der Waals surface area contributed by atoms with E-state index in [4.69, 9.17) is 5.73 Å². The van der Waals surface area contributed by atoms with Crippen molar-refractivity contribution in [1.29, 1.82) is 0 Å². The molecule has 0 bridgehead atoms. The first kappa shape index (κ1) is 14.3. The summed E-state index contributed by atoms with van der Waals surface area (Å²) in [6, 6.07) is 12.3. The Morgan fingerprint density at radius 1 is 0.909 bits per heavy atom. The normalized spacial score (nSPS) is 10.9. The van der Waals surface area contributed by atoms with Crippen molar-refractivity contribution in [2.45, 2.75) is 27.7 Å². The third-order valence-corrected chi connectivity index (χ3v) is 3.96. The lowest BCUT2D eigenvalue weighted by Crippen LogP contribution is -2.04. The second-order valence-electron chi connectivity index (χ2n) is 5.80. The average molecular weight is 292 g/mol. The molecule has 0 saturated carbocycles. The van der Waals surface area contributed by atoms with Crippen LogP contribution < -0.4 is 5.73 Å². The molecule has 4 heteroatoms. The molecular formula is C18H20N4. The summed E-state index contributed by atoms with van der Waals surface area (Å²) in [6.07, 6.45) is 0. The van der Waals surface area contributed by atoms with Gasteiger partial charge in [0.05, 0.1) is 5.69 Å². The number of benzene rings is 2. The summed E-state index contributed by atoms with van der Waals surface area (Å²) in [6.45, 7) is 8.30. The van der Waals surface area contributed by atoms with Crippen molar-refractivity contribution in [1.82, 2.24) is 15.0 Å². The maximum Gasteiger partial charge on any atom is 0.155 e. The zero-order valence-corrected chi connectivity index (χ0v) is 13.4. The van der Waals surface area contributed by atoms with E-state index in [9.17, 15) is 0 Å². The highest BCUT2D eigenvalue weighted by atomic mass is 15.5. The van der Waals surface area contributed by atoms with Gasteiger partial charge in [-0.1, -0.05) is 41.1 Å².